The van der Waals surface area contributed by atoms with Crippen LogP contribution in [0.4, 0.5) is 0 Å². The molecule has 0 bridgehead atoms. The van der Waals surface area contributed by atoms with Crippen LogP contribution in [0.25, 0.3) is 0 Å². The first-order chi connectivity index (χ1) is 10.6. The number of hydrogen-bond donors (Lipinski definition) is 4. The maximum absolute atomic E-state index is 12.3. The van der Waals surface area contributed by atoms with Crippen LogP contribution in [0.3, 0.4) is 0 Å². The van der Waals surface area contributed by atoms with Crippen LogP contribution < -0.4 is 16.0 Å². The van der Waals surface area contributed by atoms with Gasteiger partial charge in [-0.2, -0.15) is 0 Å². The van der Waals surface area contributed by atoms with E-state index in [0.717, 1.165) is 18.4 Å². The highest BCUT2D eigenvalue weighted by Crippen LogP contribution is 2.19. The van der Waals surface area contributed by atoms with E-state index in [0.29, 0.717) is 24.0 Å². The smallest absolute Gasteiger partial charge is 0.267 e. The van der Waals surface area contributed by atoms with Crippen molar-refractivity contribution in [1.29, 1.82) is 5.41 Å². The second kappa shape index (κ2) is 7.75. The van der Waals surface area contributed by atoms with Gasteiger partial charge >= 0.3 is 0 Å². The van der Waals surface area contributed by atoms with Crippen LogP contribution >= 0.6 is 0 Å². The Hall–Kier alpha value is -2.14. The zero-order valence-electron chi connectivity index (χ0n) is 13.1. The lowest BCUT2D eigenvalue weighted by Gasteiger charge is -2.18. The van der Waals surface area contributed by atoms with Gasteiger partial charge in [-0.3, -0.25) is 4.79 Å². The Morgan fingerprint density at radius 1 is 1.36 bits per heavy atom. The lowest BCUT2D eigenvalue weighted by atomic mass is 10.1. The van der Waals surface area contributed by atoms with Crippen LogP contribution in [0.15, 0.2) is 42.1 Å². The third kappa shape index (κ3) is 5.00. The lowest BCUT2D eigenvalue weighted by molar-refractivity contribution is -0.118. The molecule has 2 rings (SSSR count). The molecule has 1 amide bonds. The first kappa shape index (κ1) is 16.2. The van der Waals surface area contributed by atoms with Gasteiger partial charge in [0.2, 0.25) is 0 Å². The van der Waals surface area contributed by atoms with Crippen molar-refractivity contribution in [2.24, 2.45) is 0 Å². The summed E-state index contributed by atoms with van der Waals surface area (Å²) in [5.41, 5.74) is 1.92. The lowest BCUT2D eigenvalue weighted by Crippen LogP contribution is -2.35. The Morgan fingerprint density at radius 2 is 2.05 bits per heavy atom. The Balaban J connectivity index is 2.09. The van der Waals surface area contributed by atoms with Gasteiger partial charge in [-0.05, 0) is 38.5 Å². The summed E-state index contributed by atoms with van der Waals surface area (Å²) < 4.78 is 0. The van der Waals surface area contributed by atoms with Crippen molar-refractivity contribution in [3.05, 3.63) is 47.7 Å². The van der Waals surface area contributed by atoms with Gasteiger partial charge in [0.15, 0.2) is 0 Å². The molecule has 1 unspecified atom stereocenters. The van der Waals surface area contributed by atoms with Crippen LogP contribution in [0, 0.1) is 5.41 Å². The minimum absolute atomic E-state index is 0.000196. The third-order valence-corrected chi connectivity index (χ3v) is 3.51. The van der Waals surface area contributed by atoms with Crippen molar-refractivity contribution in [2.45, 2.75) is 31.8 Å². The second-order valence-electron chi connectivity index (χ2n) is 5.64. The fourth-order valence-corrected chi connectivity index (χ4v) is 2.14. The number of benzene rings is 1. The van der Waals surface area contributed by atoms with Gasteiger partial charge in [-0.15, -0.1) is 0 Å². The molecule has 1 aromatic carbocycles. The van der Waals surface area contributed by atoms with E-state index in [1.165, 1.54) is 0 Å². The van der Waals surface area contributed by atoms with Gasteiger partial charge in [0, 0.05) is 24.3 Å². The average Bonchev–Trinajstić information content (AvgIpc) is 3.31. The zero-order valence-corrected chi connectivity index (χ0v) is 13.1. The summed E-state index contributed by atoms with van der Waals surface area (Å²) >= 11 is 0. The van der Waals surface area contributed by atoms with Crippen molar-refractivity contribution >= 4 is 11.6 Å². The maximum Gasteiger partial charge on any atom is 0.267 e. The van der Waals surface area contributed by atoms with Gasteiger partial charge in [0.25, 0.3) is 5.91 Å². The molecule has 22 heavy (non-hydrogen) atoms. The second-order valence-corrected chi connectivity index (χ2v) is 5.64. The predicted octanol–water partition coefficient (Wildman–Crippen LogP) is 1.74. The maximum atomic E-state index is 12.3. The van der Waals surface area contributed by atoms with E-state index in [2.05, 4.69) is 16.0 Å². The van der Waals surface area contributed by atoms with E-state index >= 15 is 0 Å². The van der Waals surface area contributed by atoms with Crippen LogP contribution in [-0.2, 0) is 4.79 Å². The van der Waals surface area contributed by atoms with Crippen molar-refractivity contribution in [2.75, 3.05) is 13.6 Å². The van der Waals surface area contributed by atoms with E-state index < -0.39 is 0 Å². The molecule has 0 heterocycles. The normalized spacial score (nSPS) is 16.0. The molecule has 1 aliphatic carbocycles. The highest BCUT2D eigenvalue weighted by atomic mass is 16.2. The van der Waals surface area contributed by atoms with Crippen molar-refractivity contribution in [3.8, 4) is 0 Å². The summed E-state index contributed by atoms with van der Waals surface area (Å²) in [4.78, 5) is 12.3. The largest absolute Gasteiger partial charge is 0.374 e. The highest BCUT2D eigenvalue weighted by molar-refractivity contribution is 6.03. The summed E-state index contributed by atoms with van der Waals surface area (Å²) in [5, 5.41) is 17.0. The van der Waals surface area contributed by atoms with Crippen LogP contribution in [0.5, 0.6) is 0 Å². The molecule has 0 aromatic heterocycles. The Kier molecular flexibility index (Phi) is 5.72. The van der Waals surface area contributed by atoms with Gasteiger partial charge < -0.3 is 21.4 Å². The van der Waals surface area contributed by atoms with Gasteiger partial charge in [0.05, 0.1) is 0 Å². The minimum atomic E-state index is -0.133. The molecule has 5 heteroatoms. The molecule has 1 fully saturated rings. The highest BCUT2D eigenvalue weighted by Gasteiger charge is 2.25. The van der Waals surface area contributed by atoms with Gasteiger partial charge in [-0.1, -0.05) is 30.3 Å². The fourth-order valence-electron chi connectivity index (χ4n) is 2.14. The number of carbonyl (C=O) groups is 1. The quantitative estimate of drug-likeness (QED) is 0.436. The first-order valence-electron chi connectivity index (χ1n) is 7.66. The molecule has 1 saturated carbocycles. The van der Waals surface area contributed by atoms with Crippen molar-refractivity contribution in [3.63, 3.8) is 0 Å². The fraction of sp³-hybridized carbons (Fsp3) is 0.412. The molecule has 5 nitrogen and oxygen atoms in total. The number of hydrogen-bond acceptors (Lipinski definition) is 4. The molecule has 1 aliphatic rings. The first-order valence-corrected chi connectivity index (χ1v) is 7.66. The van der Waals surface area contributed by atoms with Crippen LogP contribution in [0.1, 0.15) is 31.4 Å². The SMILES string of the molecule is CNCC(=N)/C=C(\NC(C)c1ccccc1)C(=O)NC1CC1. The summed E-state index contributed by atoms with van der Waals surface area (Å²) in [5.74, 6) is -0.133. The van der Waals surface area contributed by atoms with E-state index in [4.69, 9.17) is 5.41 Å². The molecule has 1 atom stereocenters. The summed E-state index contributed by atoms with van der Waals surface area (Å²) in [6.45, 7) is 2.44. The monoisotopic (exact) mass is 300 g/mol. The van der Waals surface area contributed by atoms with E-state index in [9.17, 15) is 4.79 Å². The molecule has 4 N–H and O–H groups in total. The molecule has 0 aliphatic heterocycles. The summed E-state index contributed by atoms with van der Waals surface area (Å²) in [7, 11) is 1.78. The van der Waals surface area contributed by atoms with Gasteiger partial charge in [0.1, 0.15) is 5.70 Å². The van der Waals surface area contributed by atoms with Crippen molar-refractivity contribution < 1.29 is 4.79 Å². The third-order valence-electron chi connectivity index (χ3n) is 3.51. The van der Waals surface area contributed by atoms with Gasteiger partial charge in [-0.25, -0.2) is 0 Å². The Morgan fingerprint density at radius 3 is 2.64 bits per heavy atom. The number of rotatable bonds is 8. The zero-order chi connectivity index (χ0) is 15.9. The molecule has 0 radical (unpaired) electrons. The standard InChI is InChI=1S/C17H24N4O/c1-12(13-6-4-3-5-7-13)20-16(10-14(18)11-19-2)17(22)21-15-8-9-15/h3-7,10,12,15,18-20H,8-9,11H2,1-2H3,(H,21,22)/b16-10-,18-14?. The number of nitrogens with one attached hydrogen (secondary N) is 4. The molecular weight excluding hydrogens is 276 g/mol. The molecule has 118 valence electrons. The molecule has 0 spiro atoms. The summed E-state index contributed by atoms with van der Waals surface area (Å²) in [6, 6.07) is 10.3. The van der Waals surface area contributed by atoms with Crippen molar-refractivity contribution in [1.82, 2.24) is 16.0 Å². The predicted molar refractivity (Wildman–Crippen MR) is 88.9 cm³/mol. The minimum Gasteiger partial charge on any atom is -0.374 e. The molecule has 1 aromatic rings. The van der Waals surface area contributed by atoms with E-state index in [-0.39, 0.29) is 11.9 Å². The summed E-state index contributed by atoms with van der Waals surface area (Å²) in [6.07, 6.45) is 3.69. The molecule has 0 saturated heterocycles. The Bertz CT molecular complexity index is 549. The number of carbonyl (C=O) groups excluding carboxylic acids is 1. The topological polar surface area (TPSA) is 77.0 Å². The average molecular weight is 300 g/mol. The van der Waals surface area contributed by atoms with E-state index in [1.807, 2.05) is 37.3 Å². The molecular formula is C17H24N4O. The van der Waals surface area contributed by atoms with Crippen LogP contribution in [0.2, 0.25) is 0 Å². The van der Waals surface area contributed by atoms with E-state index in [1.54, 1.807) is 13.1 Å². The number of amides is 1. The Labute approximate surface area is 131 Å². The van der Waals surface area contributed by atoms with Crippen LogP contribution in [-0.4, -0.2) is 31.3 Å².